The molecule has 2 rings (SSSR count). The Morgan fingerprint density at radius 2 is 2.14 bits per heavy atom. The van der Waals surface area contributed by atoms with Gasteiger partial charge in [-0.2, -0.15) is 0 Å². The first-order valence-electron chi connectivity index (χ1n) is 6.34. The Bertz CT molecular complexity index is 687. The van der Waals surface area contributed by atoms with Crippen LogP contribution in [0.2, 0.25) is 5.02 Å². The first kappa shape index (κ1) is 15.1. The zero-order valence-corrected chi connectivity index (χ0v) is 12.6. The number of benzene rings is 1. The SMILES string of the molecule is Cc1cc(OCc2cccc(Cl)c2)c(/C(N)=N/O)c(C)n1. The van der Waals surface area contributed by atoms with E-state index in [1.165, 1.54) is 0 Å². The maximum atomic E-state index is 8.89. The van der Waals surface area contributed by atoms with Gasteiger partial charge in [0.15, 0.2) is 5.84 Å². The Kier molecular flexibility index (Phi) is 4.65. The number of aromatic nitrogens is 1. The summed E-state index contributed by atoms with van der Waals surface area (Å²) in [5.74, 6) is 0.497. The van der Waals surface area contributed by atoms with Crippen LogP contribution in [-0.2, 0) is 6.61 Å². The summed E-state index contributed by atoms with van der Waals surface area (Å²) in [7, 11) is 0. The fraction of sp³-hybridized carbons (Fsp3) is 0.200. The highest BCUT2D eigenvalue weighted by atomic mass is 35.5. The zero-order chi connectivity index (χ0) is 15.4. The quantitative estimate of drug-likeness (QED) is 0.394. The van der Waals surface area contributed by atoms with Crippen LogP contribution >= 0.6 is 11.6 Å². The molecule has 0 aliphatic carbocycles. The molecule has 21 heavy (non-hydrogen) atoms. The zero-order valence-electron chi connectivity index (χ0n) is 11.8. The fourth-order valence-electron chi connectivity index (χ4n) is 2.06. The van der Waals surface area contributed by atoms with E-state index in [1.54, 1.807) is 19.1 Å². The van der Waals surface area contributed by atoms with Gasteiger partial charge in [-0.1, -0.05) is 28.9 Å². The molecule has 0 aliphatic rings. The van der Waals surface area contributed by atoms with Crippen LogP contribution in [0.1, 0.15) is 22.5 Å². The molecule has 5 nitrogen and oxygen atoms in total. The summed E-state index contributed by atoms with van der Waals surface area (Å²) in [6.07, 6.45) is 0. The number of rotatable bonds is 4. The number of nitrogens with zero attached hydrogens (tertiary/aromatic N) is 2. The van der Waals surface area contributed by atoms with Crippen molar-refractivity contribution in [1.29, 1.82) is 0 Å². The van der Waals surface area contributed by atoms with Gasteiger partial charge in [0.05, 0.1) is 11.3 Å². The van der Waals surface area contributed by atoms with Crippen molar-refractivity contribution in [3.63, 3.8) is 0 Å². The molecule has 3 N–H and O–H groups in total. The van der Waals surface area contributed by atoms with Crippen molar-refractivity contribution in [3.8, 4) is 5.75 Å². The molecule has 1 aromatic carbocycles. The lowest BCUT2D eigenvalue weighted by atomic mass is 10.1. The molecule has 0 saturated carbocycles. The van der Waals surface area contributed by atoms with Gasteiger partial charge in [-0.05, 0) is 31.5 Å². The molecule has 1 aromatic heterocycles. The van der Waals surface area contributed by atoms with Crippen molar-refractivity contribution < 1.29 is 9.94 Å². The molecule has 110 valence electrons. The normalized spacial score (nSPS) is 11.5. The molecule has 0 saturated heterocycles. The standard InChI is InChI=1S/C15H16ClN3O2/c1-9-6-13(14(10(2)18-9)15(17)19-20)21-8-11-4-3-5-12(16)7-11/h3-7,20H,8H2,1-2H3,(H2,17,19). The molecule has 0 fully saturated rings. The molecule has 0 aliphatic heterocycles. The van der Waals surface area contributed by atoms with E-state index in [1.807, 2.05) is 25.1 Å². The smallest absolute Gasteiger partial charge is 0.175 e. The number of nitrogens with two attached hydrogens (primary N) is 1. The van der Waals surface area contributed by atoms with E-state index < -0.39 is 0 Å². The van der Waals surface area contributed by atoms with Crippen molar-refractivity contribution in [3.05, 3.63) is 57.9 Å². The number of amidine groups is 1. The van der Waals surface area contributed by atoms with Gasteiger partial charge in [-0.15, -0.1) is 0 Å². The summed E-state index contributed by atoms with van der Waals surface area (Å²) >= 11 is 5.94. The lowest BCUT2D eigenvalue weighted by Crippen LogP contribution is -2.17. The maximum Gasteiger partial charge on any atom is 0.175 e. The molecule has 0 unspecified atom stereocenters. The van der Waals surface area contributed by atoms with E-state index in [2.05, 4.69) is 10.1 Å². The molecule has 6 heteroatoms. The van der Waals surface area contributed by atoms with E-state index in [9.17, 15) is 0 Å². The van der Waals surface area contributed by atoms with Crippen molar-refractivity contribution in [1.82, 2.24) is 4.98 Å². The topological polar surface area (TPSA) is 80.7 Å². The van der Waals surface area contributed by atoms with Gasteiger partial charge in [0.1, 0.15) is 12.4 Å². The monoisotopic (exact) mass is 305 g/mol. The van der Waals surface area contributed by atoms with E-state index in [0.717, 1.165) is 11.3 Å². The molecule has 0 amide bonds. The highest BCUT2D eigenvalue weighted by Gasteiger charge is 2.14. The summed E-state index contributed by atoms with van der Waals surface area (Å²) in [6, 6.07) is 9.15. The van der Waals surface area contributed by atoms with Gasteiger partial charge >= 0.3 is 0 Å². The van der Waals surface area contributed by atoms with Crippen LogP contribution in [0.15, 0.2) is 35.5 Å². The van der Waals surface area contributed by atoms with Crippen LogP contribution in [0.4, 0.5) is 0 Å². The van der Waals surface area contributed by atoms with Gasteiger partial charge in [0.25, 0.3) is 0 Å². The van der Waals surface area contributed by atoms with Crippen molar-refractivity contribution >= 4 is 17.4 Å². The minimum absolute atomic E-state index is 0.0268. The van der Waals surface area contributed by atoms with Gasteiger partial charge < -0.3 is 15.7 Å². The van der Waals surface area contributed by atoms with Gasteiger partial charge in [0, 0.05) is 16.8 Å². The number of aryl methyl sites for hydroxylation is 2. The summed E-state index contributed by atoms with van der Waals surface area (Å²) in [5, 5.41) is 12.6. The van der Waals surface area contributed by atoms with Crippen molar-refractivity contribution in [2.24, 2.45) is 10.9 Å². The van der Waals surface area contributed by atoms with Gasteiger partial charge in [0.2, 0.25) is 0 Å². The molecule has 0 bridgehead atoms. The largest absolute Gasteiger partial charge is 0.488 e. The Labute approximate surface area is 128 Å². The van der Waals surface area contributed by atoms with E-state index in [4.69, 9.17) is 27.3 Å². The molecule has 0 spiro atoms. The van der Waals surface area contributed by atoms with Crippen LogP contribution < -0.4 is 10.5 Å². The molecular weight excluding hydrogens is 290 g/mol. The Morgan fingerprint density at radius 1 is 1.38 bits per heavy atom. The Morgan fingerprint density at radius 3 is 2.81 bits per heavy atom. The summed E-state index contributed by atoms with van der Waals surface area (Å²) in [6.45, 7) is 3.97. The summed E-state index contributed by atoms with van der Waals surface area (Å²) in [4.78, 5) is 4.30. The van der Waals surface area contributed by atoms with Crippen LogP contribution in [0.3, 0.4) is 0 Å². The van der Waals surface area contributed by atoms with Crippen LogP contribution in [0.5, 0.6) is 5.75 Å². The lowest BCUT2D eigenvalue weighted by Gasteiger charge is -2.13. The summed E-state index contributed by atoms with van der Waals surface area (Å²) < 4.78 is 5.79. The number of pyridine rings is 1. The van der Waals surface area contributed by atoms with E-state index in [0.29, 0.717) is 28.6 Å². The third-order valence-electron chi connectivity index (χ3n) is 2.94. The molecule has 0 radical (unpaired) electrons. The van der Waals surface area contributed by atoms with E-state index in [-0.39, 0.29) is 5.84 Å². The molecule has 1 heterocycles. The number of halogens is 1. The second-order valence-corrected chi connectivity index (χ2v) is 5.06. The second-order valence-electron chi connectivity index (χ2n) is 4.63. The average Bonchev–Trinajstić information content (AvgIpc) is 2.44. The number of ether oxygens (including phenoxy) is 1. The molecular formula is C15H16ClN3O2. The molecule has 2 aromatic rings. The highest BCUT2D eigenvalue weighted by molar-refractivity contribution is 6.30. The van der Waals surface area contributed by atoms with Crippen molar-refractivity contribution in [2.45, 2.75) is 20.5 Å². The fourth-order valence-corrected chi connectivity index (χ4v) is 2.27. The number of oxime groups is 1. The third kappa shape index (κ3) is 3.64. The van der Waals surface area contributed by atoms with Crippen LogP contribution in [0, 0.1) is 13.8 Å². The van der Waals surface area contributed by atoms with E-state index >= 15 is 0 Å². The average molecular weight is 306 g/mol. The number of hydrogen-bond donors (Lipinski definition) is 2. The Balaban J connectivity index is 2.31. The minimum Gasteiger partial charge on any atom is -0.488 e. The predicted octanol–water partition coefficient (Wildman–Crippen LogP) is 3.03. The van der Waals surface area contributed by atoms with Gasteiger partial charge in [-0.25, -0.2) is 0 Å². The van der Waals surface area contributed by atoms with Crippen LogP contribution in [0.25, 0.3) is 0 Å². The third-order valence-corrected chi connectivity index (χ3v) is 3.17. The first-order chi connectivity index (χ1) is 10.0. The Hall–Kier alpha value is -2.27. The minimum atomic E-state index is -0.0268. The maximum absolute atomic E-state index is 8.89. The highest BCUT2D eigenvalue weighted by Crippen LogP contribution is 2.23. The summed E-state index contributed by atoms with van der Waals surface area (Å²) in [5.41, 5.74) is 8.56. The van der Waals surface area contributed by atoms with Crippen molar-refractivity contribution in [2.75, 3.05) is 0 Å². The molecule has 0 atom stereocenters. The number of hydrogen-bond acceptors (Lipinski definition) is 4. The van der Waals surface area contributed by atoms with Crippen LogP contribution in [-0.4, -0.2) is 16.0 Å². The predicted molar refractivity (Wildman–Crippen MR) is 82.0 cm³/mol. The lowest BCUT2D eigenvalue weighted by molar-refractivity contribution is 0.302. The second kappa shape index (κ2) is 6.45. The van der Waals surface area contributed by atoms with Gasteiger partial charge in [-0.3, -0.25) is 4.98 Å². The first-order valence-corrected chi connectivity index (χ1v) is 6.72.